The third kappa shape index (κ3) is 5.50. The molecule has 202 valence electrons. The largest absolute Gasteiger partial charge is 0.355 e. The number of nitrogens with zero attached hydrogens (tertiary/aromatic N) is 2. The summed E-state index contributed by atoms with van der Waals surface area (Å²) in [5, 5.41) is 12.2. The van der Waals surface area contributed by atoms with E-state index in [1.807, 2.05) is 20.8 Å². The number of amides is 3. The molecule has 4 N–H and O–H groups in total. The number of aryl methyl sites for hydroxylation is 2. The zero-order valence-corrected chi connectivity index (χ0v) is 22.6. The monoisotopic (exact) mass is 517 g/mol. The van der Waals surface area contributed by atoms with Gasteiger partial charge in [0.05, 0.1) is 17.5 Å². The van der Waals surface area contributed by atoms with Crippen LogP contribution in [-0.4, -0.2) is 41.5 Å². The Morgan fingerprint density at radius 3 is 1.97 bits per heavy atom. The average molecular weight is 518 g/mol. The van der Waals surface area contributed by atoms with E-state index in [1.165, 1.54) is 22.3 Å². The summed E-state index contributed by atoms with van der Waals surface area (Å²) in [7, 11) is 0. The first-order chi connectivity index (χ1) is 18.3. The number of hydrogen-bond donors (Lipinski definition) is 3. The van der Waals surface area contributed by atoms with Gasteiger partial charge in [0.2, 0.25) is 18.7 Å². The van der Waals surface area contributed by atoms with Crippen LogP contribution in [-0.2, 0) is 45.7 Å². The molecule has 2 aromatic rings. The minimum absolute atomic E-state index is 0.0209. The van der Waals surface area contributed by atoms with E-state index >= 15 is 0 Å². The van der Waals surface area contributed by atoms with Crippen LogP contribution in [0.3, 0.4) is 0 Å². The highest BCUT2D eigenvalue weighted by molar-refractivity contribution is 6.12. The highest BCUT2D eigenvalue weighted by Crippen LogP contribution is 2.47. The van der Waals surface area contributed by atoms with Gasteiger partial charge in [0.1, 0.15) is 0 Å². The van der Waals surface area contributed by atoms with Crippen molar-refractivity contribution in [2.24, 2.45) is 10.8 Å². The van der Waals surface area contributed by atoms with E-state index < -0.39 is 5.41 Å². The third-order valence-electron chi connectivity index (χ3n) is 7.70. The van der Waals surface area contributed by atoms with E-state index in [0.717, 1.165) is 48.9 Å². The molecule has 1 heterocycles. The fraction of sp³-hybridized carbons (Fsp3) is 0.467. The van der Waals surface area contributed by atoms with E-state index in [2.05, 4.69) is 47.0 Å². The van der Waals surface area contributed by atoms with Gasteiger partial charge in [-0.2, -0.15) is 5.10 Å². The van der Waals surface area contributed by atoms with Crippen molar-refractivity contribution in [1.82, 2.24) is 15.6 Å². The molecular formula is C30H39N5O3. The predicted molar refractivity (Wildman–Crippen MR) is 148 cm³/mol. The summed E-state index contributed by atoms with van der Waals surface area (Å²) < 4.78 is 0. The molecule has 3 amide bonds. The zero-order chi connectivity index (χ0) is 27.3. The Bertz CT molecular complexity index is 1160. The van der Waals surface area contributed by atoms with Gasteiger partial charge < -0.3 is 16.4 Å². The standard InChI is InChI=1S/C30H39N5O3/c1-20(2)35-29(38)15-28(34-35)30(12-4-5-21(3)31)26-10-6-22(16-32-18-36)13-24(26)8-9-25-14-23(17-33-19-37)7-11-27(25)30/h6-7,10-11,13-14,18-21H,4-5,8-9,12,15-17,31H2,1-3H3,(H,32,36)(H,33,37)/t21-/m0/s1. The molecule has 0 spiro atoms. The number of hydrazone groups is 1. The second-order valence-electron chi connectivity index (χ2n) is 10.8. The minimum Gasteiger partial charge on any atom is -0.355 e. The van der Waals surface area contributed by atoms with Crippen LogP contribution in [0.25, 0.3) is 0 Å². The van der Waals surface area contributed by atoms with Crippen molar-refractivity contribution in [1.29, 1.82) is 0 Å². The molecule has 1 aliphatic carbocycles. The van der Waals surface area contributed by atoms with Crippen LogP contribution in [0.15, 0.2) is 41.5 Å². The van der Waals surface area contributed by atoms with Crippen LogP contribution >= 0.6 is 0 Å². The summed E-state index contributed by atoms with van der Waals surface area (Å²) in [6, 6.07) is 12.9. The van der Waals surface area contributed by atoms with Crippen LogP contribution in [0.4, 0.5) is 0 Å². The maximum atomic E-state index is 13.2. The second-order valence-corrected chi connectivity index (χ2v) is 10.8. The lowest BCUT2D eigenvalue weighted by Gasteiger charge is -2.37. The van der Waals surface area contributed by atoms with Crippen LogP contribution in [0.5, 0.6) is 0 Å². The summed E-state index contributed by atoms with van der Waals surface area (Å²) in [6.07, 6.45) is 5.89. The Kier molecular flexibility index (Phi) is 8.62. The zero-order valence-electron chi connectivity index (χ0n) is 22.6. The second kappa shape index (κ2) is 11.9. The Labute approximate surface area is 225 Å². The third-order valence-corrected chi connectivity index (χ3v) is 7.70. The lowest BCUT2D eigenvalue weighted by molar-refractivity contribution is -0.130. The Balaban J connectivity index is 1.94. The van der Waals surface area contributed by atoms with Crippen LogP contribution in [0, 0.1) is 0 Å². The van der Waals surface area contributed by atoms with Gasteiger partial charge in [-0.15, -0.1) is 0 Å². The van der Waals surface area contributed by atoms with Gasteiger partial charge >= 0.3 is 0 Å². The first-order valence-electron chi connectivity index (χ1n) is 13.5. The lowest BCUT2D eigenvalue weighted by atomic mass is 9.65. The van der Waals surface area contributed by atoms with Crippen molar-refractivity contribution >= 4 is 24.4 Å². The molecule has 8 heteroatoms. The van der Waals surface area contributed by atoms with Crippen LogP contribution in [0.1, 0.15) is 79.8 Å². The number of hydrogen-bond acceptors (Lipinski definition) is 5. The summed E-state index contributed by atoms with van der Waals surface area (Å²) >= 11 is 0. The molecule has 0 saturated heterocycles. The fourth-order valence-corrected chi connectivity index (χ4v) is 5.99. The molecule has 0 bridgehead atoms. The maximum Gasteiger partial charge on any atom is 0.248 e. The SMILES string of the molecule is CC(C)N1N=C(C2(CCC[C@H](C)N)c3ccc(CNC=O)cc3CCc3cc(CNC=O)ccc32)CC1=O. The molecule has 0 aromatic heterocycles. The maximum absolute atomic E-state index is 13.2. The molecule has 1 aliphatic heterocycles. The Morgan fingerprint density at radius 2 is 1.53 bits per heavy atom. The molecule has 8 nitrogen and oxygen atoms in total. The van der Waals surface area contributed by atoms with E-state index in [9.17, 15) is 14.4 Å². The van der Waals surface area contributed by atoms with Crippen molar-refractivity contribution in [3.8, 4) is 0 Å². The van der Waals surface area contributed by atoms with E-state index in [1.54, 1.807) is 5.01 Å². The molecule has 0 radical (unpaired) electrons. The first kappa shape index (κ1) is 27.5. The molecule has 0 saturated carbocycles. The van der Waals surface area contributed by atoms with Crippen molar-refractivity contribution < 1.29 is 14.4 Å². The highest BCUT2D eigenvalue weighted by atomic mass is 16.2. The Morgan fingerprint density at radius 1 is 0.974 bits per heavy atom. The molecule has 2 aromatic carbocycles. The van der Waals surface area contributed by atoms with Crippen LogP contribution in [0.2, 0.25) is 0 Å². The summed E-state index contributed by atoms with van der Waals surface area (Å²) in [5.41, 5.74) is 13.3. The van der Waals surface area contributed by atoms with Gasteiger partial charge in [-0.3, -0.25) is 14.4 Å². The summed E-state index contributed by atoms with van der Waals surface area (Å²) in [4.78, 5) is 35.0. The molecule has 38 heavy (non-hydrogen) atoms. The number of carbonyl (C=O) groups is 3. The number of nitrogens with one attached hydrogen (secondary N) is 2. The average Bonchev–Trinajstić information content (AvgIpc) is 3.24. The number of rotatable bonds is 12. The van der Waals surface area contributed by atoms with Crippen LogP contribution < -0.4 is 16.4 Å². The highest BCUT2D eigenvalue weighted by Gasteiger charge is 2.47. The van der Waals surface area contributed by atoms with Crippen molar-refractivity contribution in [2.45, 2.75) is 89.9 Å². The fourth-order valence-electron chi connectivity index (χ4n) is 5.99. The molecule has 0 fully saturated rings. The first-order valence-corrected chi connectivity index (χ1v) is 13.5. The summed E-state index contributed by atoms with van der Waals surface area (Å²) in [5.74, 6) is 0.0209. The molecule has 2 aliphatic rings. The smallest absolute Gasteiger partial charge is 0.248 e. The molecule has 4 rings (SSSR count). The molecule has 0 unspecified atom stereocenters. The van der Waals surface area contributed by atoms with Gasteiger partial charge in [-0.05, 0) is 79.8 Å². The molecular weight excluding hydrogens is 478 g/mol. The van der Waals surface area contributed by atoms with E-state index in [0.29, 0.717) is 25.9 Å². The van der Waals surface area contributed by atoms with Gasteiger partial charge in [-0.25, -0.2) is 5.01 Å². The predicted octanol–water partition coefficient (Wildman–Crippen LogP) is 3.08. The van der Waals surface area contributed by atoms with Gasteiger partial charge in [0.15, 0.2) is 0 Å². The Hall–Kier alpha value is -3.52. The lowest BCUT2D eigenvalue weighted by Crippen LogP contribution is -2.38. The number of fused-ring (bicyclic) bond motifs is 2. The molecule has 1 atom stereocenters. The number of benzene rings is 2. The van der Waals surface area contributed by atoms with E-state index in [4.69, 9.17) is 10.8 Å². The normalized spacial score (nSPS) is 16.8. The number of nitrogens with two attached hydrogens (primary N) is 1. The topological polar surface area (TPSA) is 117 Å². The quantitative estimate of drug-likeness (QED) is 0.375. The van der Waals surface area contributed by atoms with E-state index in [-0.39, 0.29) is 24.4 Å². The van der Waals surface area contributed by atoms with Crippen molar-refractivity contribution in [3.05, 3.63) is 69.8 Å². The summed E-state index contributed by atoms with van der Waals surface area (Å²) in [6.45, 7) is 6.92. The number of carbonyl (C=O) groups excluding carboxylic acids is 3. The minimum atomic E-state index is -0.581. The van der Waals surface area contributed by atoms with Crippen molar-refractivity contribution in [2.75, 3.05) is 0 Å². The van der Waals surface area contributed by atoms with Gasteiger partial charge in [0, 0.05) is 25.2 Å². The van der Waals surface area contributed by atoms with Gasteiger partial charge in [-0.1, -0.05) is 42.8 Å². The van der Waals surface area contributed by atoms with Gasteiger partial charge in [0.25, 0.3) is 0 Å². The van der Waals surface area contributed by atoms with Crippen molar-refractivity contribution in [3.63, 3.8) is 0 Å².